The Kier molecular flexibility index (Phi) is 7.43. The van der Waals surface area contributed by atoms with Crippen molar-refractivity contribution >= 4 is 15.9 Å². The van der Waals surface area contributed by atoms with Crippen molar-refractivity contribution in [3.8, 4) is 11.5 Å². The van der Waals surface area contributed by atoms with Crippen LogP contribution < -0.4 is 14.8 Å². The molecule has 0 aliphatic rings. The van der Waals surface area contributed by atoms with Gasteiger partial charge in [-0.05, 0) is 36.6 Å². The second-order valence-electron chi connectivity index (χ2n) is 5.26. The van der Waals surface area contributed by atoms with Gasteiger partial charge in [0.25, 0.3) is 0 Å². The molecule has 1 N–H and O–H groups in total. The lowest BCUT2D eigenvalue weighted by Crippen LogP contribution is -2.13. The number of hydrogen-bond acceptors (Lipinski definition) is 3. The Morgan fingerprint density at radius 3 is 2.39 bits per heavy atom. The Hall–Kier alpha value is -1.52. The van der Waals surface area contributed by atoms with Gasteiger partial charge in [0.2, 0.25) is 0 Å². The largest absolute Gasteiger partial charge is 0.490 e. The molecule has 2 rings (SSSR count). The van der Waals surface area contributed by atoms with Crippen molar-refractivity contribution in [2.24, 2.45) is 0 Å². The van der Waals surface area contributed by atoms with Crippen LogP contribution in [0.2, 0.25) is 0 Å². The Morgan fingerprint density at radius 2 is 1.70 bits per heavy atom. The average molecular weight is 378 g/mol. The molecule has 0 fully saturated rings. The molecule has 0 aliphatic heterocycles. The van der Waals surface area contributed by atoms with Crippen LogP contribution in [0.25, 0.3) is 0 Å². The van der Waals surface area contributed by atoms with Gasteiger partial charge in [-0.25, -0.2) is 0 Å². The number of hydrogen-bond donors (Lipinski definition) is 1. The van der Waals surface area contributed by atoms with Crippen LogP contribution in [0.4, 0.5) is 0 Å². The summed E-state index contributed by atoms with van der Waals surface area (Å²) in [5, 5.41) is 3.46. The van der Waals surface area contributed by atoms with Crippen LogP contribution in [0, 0.1) is 0 Å². The summed E-state index contributed by atoms with van der Waals surface area (Å²) in [5.41, 5.74) is 2.43. The molecule has 0 radical (unpaired) electrons. The Labute approximate surface area is 147 Å². The van der Waals surface area contributed by atoms with E-state index in [4.69, 9.17) is 9.47 Å². The minimum absolute atomic E-state index is 0.626. The van der Waals surface area contributed by atoms with E-state index in [1.165, 1.54) is 5.56 Å². The van der Waals surface area contributed by atoms with Crippen LogP contribution in [0.5, 0.6) is 11.5 Å². The first-order valence-corrected chi connectivity index (χ1v) is 8.86. The fraction of sp³-hybridized carbons (Fsp3) is 0.368. The number of rotatable bonds is 9. The minimum Gasteiger partial charge on any atom is -0.490 e. The van der Waals surface area contributed by atoms with Gasteiger partial charge in [-0.15, -0.1) is 0 Å². The molecule has 0 saturated heterocycles. The summed E-state index contributed by atoms with van der Waals surface area (Å²) < 4.78 is 12.5. The maximum absolute atomic E-state index is 5.77. The molecule has 0 amide bonds. The number of nitrogens with one attached hydrogen (secondary N) is 1. The van der Waals surface area contributed by atoms with Crippen LogP contribution in [-0.4, -0.2) is 13.2 Å². The molecule has 0 bridgehead atoms. The van der Waals surface area contributed by atoms with E-state index in [-0.39, 0.29) is 0 Å². The van der Waals surface area contributed by atoms with Crippen LogP contribution in [0.15, 0.2) is 46.9 Å². The van der Waals surface area contributed by atoms with Gasteiger partial charge in [-0.3, -0.25) is 0 Å². The van der Waals surface area contributed by atoms with Crippen molar-refractivity contribution in [2.75, 3.05) is 13.2 Å². The molecule has 0 heterocycles. The highest BCUT2D eigenvalue weighted by molar-refractivity contribution is 9.10. The lowest BCUT2D eigenvalue weighted by molar-refractivity contribution is 0.276. The van der Waals surface area contributed by atoms with E-state index in [9.17, 15) is 0 Å². The summed E-state index contributed by atoms with van der Waals surface area (Å²) in [6.07, 6.45) is 0.976. The molecule has 0 saturated carbocycles. The second-order valence-corrected chi connectivity index (χ2v) is 6.12. The van der Waals surface area contributed by atoms with Gasteiger partial charge in [0.05, 0.1) is 13.2 Å². The third kappa shape index (κ3) is 5.56. The number of ether oxygens (including phenoxy) is 2. The van der Waals surface area contributed by atoms with Crippen molar-refractivity contribution in [3.05, 3.63) is 58.1 Å². The van der Waals surface area contributed by atoms with Gasteiger partial charge in [0.1, 0.15) is 0 Å². The smallest absolute Gasteiger partial charge is 0.162 e. The van der Waals surface area contributed by atoms with Gasteiger partial charge < -0.3 is 14.8 Å². The summed E-state index contributed by atoms with van der Waals surface area (Å²) in [7, 11) is 0. The zero-order valence-electron chi connectivity index (χ0n) is 13.8. The molecular weight excluding hydrogens is 354 g/mol. The maximum Gasteiger partial charge on any atom is 0.162 e. The molecule has 0 aromatic heterocycles. The van der Waals surface area contributed by atoms with Crippen molar-refractivity contribution in [1.82, 2.24) is 5.32 Å². The van der Waals surface area contributed by atoms with E-state index in [0.717, 1.165) is 41.0 Å². The number of halogens is 1. The van der Waals surface area contributed by atoms with Gasteiger partial charge >= 0.3 is 0 Å². The van der Waals surface area contributed by atoms with Crippen LogP contribution in [0.3, 0.4) is 0 Å². The van der Waals surface area contributed by atoms with E-state index in [2.05, 4.69) is 58.5 Å². The monoisotopic (exact) mass is 377 g/mol. The van der Waals surface area contributed by atoms with Gasteiger partial charge in [0, 0.05) is 17.6 Å². The summed E-state index contributed by atoms with van der Waals surface area (Å²) >= 11 is 3.64. The summed E-state index contributed by atoms with van der Waals surface area (Å²) in [6.45, 7) is 7.00. The highest BCUT2D eigenvalue weighted by atomic mass is 79.9. The lowest BCUT2D eigenvalue weighted by atomic mass is 10.2. The molecule has 2 aromatic carbocycles. The fourth-order valence-electron chi connectivity index (χ4n) is 2.24. The third-order valence-electron chi connectivity index (χ3n) is 3.36. The predicted molar refractivity (Wildman–Crippen MR) is 98.1 cm³/mol. The molecule has 124 valence electrons. The molecule has 0 atom stereocenters. The Morgan fingerprint density at radius 1 is 0.957 bits per heavy atom. The van der Waals surface area contributed by atoms with E-state index < -0.39 is 0 Å². The van der Waals surface area contributed by atoms with Crippen LogP contribution >= 0.6 is 15.9 Å². The third-order valence-corrected chi connectivity index (χ3v) is 4.10. The highest BCUT2D eigenvalue weighted by Crippen LogP contribution is 2.34. The standard InChI is InChI=1S/C19H24BrNO2/c1-3-10-23-19-12-17(20)16(11-18(19)22-4-2)14-21-13-15-8-6-5-7-9-15/h5-9,11-12,21H,3-4,10,13-14H2,1-2H3. The Balaban J connectivity index is 2.04. The molecule has 0 unspecified atom stereocenters. The normalized spacial score (nSPS) is 10.6. The summed E-state index contributed by atoms with van der Waals surface area (Å²) in [5.74, 6) is 1.60. The van der Waals surface area contributed by atoms with Gasteiger partial charge in [-0.1, -0.05) is 53.2 Å². The first-order valence-electron chi connectivity index (χ1n) is 8.07. The maximum atomic E-state index is 5.77. The predicted octanol–water partition coefficient (Wildman–Crippen LogP) is 4.93. The Bertz CT molecular complexity index is 602. The SMILES string of the molecule is CCCOc1cc(Br)c(CNCc2ccccc2)cc1OCC. The van der Waals surface area contributed by atoms with E-state index in [1.54, 1.807) is 0 Å². The molecule has 23 heavy (non-hydrogen) atoms. The van der Waals surface area contributed by atoms with E-state index in [0.29, 0.717) is 13.2 Å². The van der Waals surface area contributed by atoms with Gasteiger partial charge in [-0.2, -0.15) is 0 Å². The number of benzene rings is 2. The first-order chi connectivity index (χ1) is 11.2. The topological polar surface area (TPSA) is 30.5 Å². The minimum atomic E-state index is 0.626. The molecular formula is C19H24BrNO2. The van der Waals surface area contributed by atoms with Crippen molar-refractivity contribution < 1.29 is 9.47 Å². The van der Waals surface area contributed by atoms with Crippen LogP contribution in [-0.2, 0) is 13.1 Å². The molecule has 3 nitrogen and oxygen atoms in total. The van der Waals surface area contributed by atoms with Gasteiger partial charge in [0.15, 0.2) is 11.5 Å². The highest BCUT2D eigenvalue weighted by Gasteiger charge is 2.10. The average Bonchev–Trinajstić information content (AvgIpc) is 2.57. The molecule has 0 aliphatic carbocycles. The molecule has 4 heteroatoms. The summed E-state index contributed by atoms with van der Waals surface area (Å²) in [4.78, 5) is 0. The molecule has 0 spiro atoms. The second kappa shape index (κ2) is 9.58. The fourth-order valence-corrected chi connectivity index (χ4v) is 2.71. The first kappa shape index (κ1) is 17.8. The van der Waals surface area contributed by atoms with Crippen molar-refractivity contribution in [3.63, 3.8) is 0 Å². The van der Waals surface area contributed by atoms with Crippen molar-refractivity contribution in [2.45, 2.75) is 33.4 Å². The summed E-state index contributed by atoms with van der Waals surface area (Å²) in [6, 6.07) is 14.4. The zero-order chi connectivity index (χ0) is 16.5. The zero-order valence-corrected chi connectivity index (χ0v) is 15.4. The van der Waals surface area contributed by atoms with Crippen LogP contribution in [0.1, 0.15) is 31.4 Å². The quantitative estimate of drug-likeness (QED) is 0.672. The van der Waals surface area contributed by atoms with E-state index >= 15 is 0 Å². The lowest BCUT2D eigenvalue weighted by Gasteiger charge is -2.15. The van der Waals surface area contributed by atoms with E-state index in [1.807, 2.05) is 19.1 Å². The molecule has 2 aromatic rings. The van der Waals surface area contributed by atoms with Crippen molar-refractivity contribution in [1.29, 1.82) is 0 Å².